The second kappa shape index (κ2) is 5.40. The Balaban J connectivity index is 2.09. The van der Waals surface area contributed by atoms with Gasteiger partial charge >= 0.3 is 0 Å². The maximum absolute atomic E-state index is 13.2. The lowest BCUT2D eigenvalue weighted by Crippen LogP contribution is -1.98. The van der Waals surface area contributed by atoms with Crippen molar-refractivity contribution in [1.29, 1.82) is 0 Å². The first-order valence-corrected chi connectivity index (χ1v) is 6.08. The minimum atomic E-state index is -0.418. The van der Waals surface area contributed by atoms with Crippen molar-refractivity contribution in [3.8, 4) is 5.75 Å². The Bertz CT molecular complexity index is 566. The summed E-state index contributed by atoms with van der Waals surface area (Å²) in [6, 6.07) is 10.7. The Labute approximate surface area is 111 Å². The predicted molar refractivity (Wildman–Crippen MR) is 71.7 cm³/mol. The van der Waals surface area contributed by atoms with E-state index in [4.69, 9.17) is 16.3 Å². The van der Waals surface area contributed by atoms with Crippen LogP contribution in [0.15, 0.2) is 36.4 Å². The third-order valence-electron chi connectivity index (χ3n) is 2.71. The van der Waals surface area contributed by atoms with E-state index in [2.05, 4.69) is 6.07 Å². The Morgan fingerprint density at radius 2 is 1.89 bits per heavy atom. The molecule has 0 aromatic heterocycles. The molecule has 3 heteroatoms. The molecule has 0 unspecified atom stereocenters. The molecule has 2 aromatic rings. The average molecular weight is 265 g/mol. The zero-order chi connectivity index (χ0) is 13.1. The van der Waals surface area contributed by atoms with Crippen LogP contribution in [0.3, 0.4) is 0 Å². The van der Waals surface area contributed by atoms with Gasteiger partial charge in [-0.3, -0.25) is 0 Å². The molecule has 0 aliphatic heterocycles. The SMILES string of the molecule is Cc1ccc(OCc2ccc(Cl)c(F)c2)c(C)c1. The van der Waals surface area contributed by atoms with Gasteiger partial charge in [-0.25, -0.2) is 4.39 Å². The van der Waals surface area contributed by atoms with E-state index in [1.165, 1.54) is 17.7 Å². The van der Waals surface area contributed by atoms with Crippen LogP contribution >= 0.6 is 11.6 Å². The van der Waals surface area contributed by atoms with E-state index in [1.54, 1.807) is 6.07 Å². The molecule has 0 bridgehead atoms. The molecule has 0 amide bonds. The Morgan fingerprint density at radius 3 is 2.56 bits per heavy atom. The molecule has 0 saturated carbocycles. The van der Waals surface area contributed by atoms with E-state index in [1.807, 2.05) is 26.0 Å². The van der Waals surface area contributed by atoms with Crippen LogP contribution in [0.25, 0.3) is 0 Å². The minimum Gasteiger partial charge on any atom is -0.489 e. The highest BCUT2D eigenvalue weighted by atomic mass is 35.5. The van der Waals surface area contributed by atoms with Crippen LogP contribution in [0.1, 0.15) is 16.7 Å². The van der Waals surface area contributed by atoms with E-state index >= 15 is 0 Å². The smallest absolute Gasteiger partial charge is 0.142 e. The molecule has 2 rings (SSSR count). The summed E-state index contributed by atoms with van der Waals surface area (Å²) >= 11 is 5.62. The van der Waals surface area contributed by atoms with Crippen molar-refractivity contribution in [1.82, 2.24) is 0 Å². The molecule has 0 radical (unpaired) electrons. The summed E-state index contributed by atoms with van der Waals surface area (Å²) in [5.41, 5.74) is 3.03. The second-order valence-corrected chi connectivity index (χ2v) is 4.71. The first kappa shape index (κ1) is 12.9. The highest BCUT2D eigenvalue weighted by molar-refractivity contribution is 6.30. The van der Waals surface area contributed by atoms with Gasteiger partial charge in [0.2, 0.25) is 0 Å². The molecular weight excluding hydrogens is 251 g/mol. The molecule has 0 aliphatic carbocycles. The van der Waals surface area contributed by atoms with Gasteiger partial charge in [0.05, 0.1) is 5.02 Å². The maximum atomic E-state index is 13.2. The highest BCUT2D eigenvalue weighted by Gasteiger charge is 2.03. The standard InChI is InChI=1S/C15H14ClFO/c1-10-3-6-15(11(2)7-10)18-9-12-4-5-13(16)14(17)8-12/h3-8H,9H2,1-2H3. The molecule has 0 atom stereocenters. The zero-order valence-electron chi connectivity index (χ0n) is 10.3. The van der Waals surface area contributed by atoms with E-state index in [0.717, 1.165) is 16.9 Å². The molecule has 94 valence electrons. The number of rotatable bonds is 3. The minimum absolute atomic E-state index is 0.130. The molecule has 0 heterocycles. The van der Waals surface area contributed by atoms with Crippen molar-refractivity contribution in [2.45, 2.75) is 20.5 Å². The molecule has 2 aromatic carbocycles. The second-order valence-electron chi connectivity index (χ2n) is 4.31. The number of hydrogen-bond donors (Lipinski definition) is 0. The first-order chi connectivity index (χ1) is 8.56. The van der Waals surface area contributed by atoms with Gasteiger partial charge in [-0.2, -0.15) is 0 Å². The van der Waals surface area contributed by atoms with Crippen molar-refractivity contribution >= 4 is 11.6 Å². The summed E-state index contributed by atoms with van der Waals surface area (Å²) in [6.45, 7) is 4.36. The highest BCUT2D eigenvalue weighted by Crippen LogP contribution is 2.21. The van der Waals surface area contributed by atoms with Crippen molar-refractivity contribution in [3.05, 3.63) is 63.9 Å². The number of ether oxygens (including phenoxy) is 1. The summed E-state index contributed by atoms with van der Waals surface area (Å²) < 4.78 is 18.9. The number of halogens is 2. The molecule has 0 aliphatic rings. The molecule has 0 N–H and O–H groups in total. The van der Waals surface area contributed by atoms with Crippen LogP contribution < -0.4 is 4.74 Å². The topological polar surface area (TPSA) is 9.23 Å². The lowest BCUT2D eigenvalue weighted by atomic mass is 10.1. The lowest BCUT2D eigenvalue weighted by molar-refractivity contribution is 0.303. The van der Waals surface area contributed by atoms with Gasteiger partial charge in [0.15, 0.2) is 0 Å². The van der Waals surface area contributed by atoms with Gasteiger partial charge in [-0.05, 0) is 43.2 Å². The van der Waals surface area contributed by atoms with Crippen LogP contribution in [0.5, 0.6) is 5.75 Å². The molecular formula is C15H14ClFO. The largest absolute Gasteiger partial charge is 0.489 e. The van der Waals surface area contributed by atoms with Gasteiger partial charge in [-0.1, -0.05) is 35.4 Å². The van der Waals surface area contributed by atoms with Crippen LogP contribution in [0.4, 0.5) is 4.39 Å². The first-order valence-electron chi connectivity index (χ1n) is 5.70. The predicted octanol–water partition coefficient (Wildman–Crippen LogP) is 4.67. The van der Waals surface area contributed by atoms with Crippen LogP contribution in [0.2, 0.25) is 5.02 Å². The number of aryl methyl sites for hydroxylation is 2. The lowest BCUT2D eigenvalue weighted by Gasteiger charge is -2.10. The molecule has 0 fully saturated rings. The quantitative estimate of drug-likeness (QED) is 0.782. The van der Waals surface area contributed by atoms with E-state index < -0.39 is 5.82 Å². The van der Waals surface area contributed by atoms with Crippen LogP contribution in [0, 0.1) is 19.7 Å². The van der Waals surface area contributed by atoms with Crippen LogP contribution in [-0.4, -0.2) is 0 Å². The number of hydrogen-bond acceptors (Lipinski definition) is 1. The maximum Gasteiger partial charge on any atom is 0.142 e. The zero-order valence-corrected chi connectivity index (χ0v) is 11.1. The fraction of sp³-hybridized carbons (Fsp3) is 0.200. The Kier molecular flexibility index (Phi) is 3.87. The fourth-order valence-corrected chi connectivity index (χ4v) is 1.87. The summed E-state index contributed by atoms with van der Waals surface area (Å²) in [4.78, 5) is 0. The number of benzene rings is 2. The average Bonchev–Trinajstić information content (AvgIpc) is 2.32. The monoisotopic (exact) mass is 264 g/mol. The van der Waals surface area contributed by atoms with Gasteiger partial charge in [-0.15, -0.1) is 0 Å². The van der Waals surface area contributed by atoms with E-state index in [9.17, 15) is 4.39 Å². The van der Waals surface area contributed by atoms with E-state index in [0.29, 0.717) is 6.61 Å². The van der Waals surface area contributed by atoms with Crippen molar-refractivity contribution in [2.24, 2.45) is 0 Å². The van der Waals surface area contributed by atoms with Gasteiger partial charge in [0, 0.05) is 0 Å². The van der Waals surface area contributed by atoms with Crippen molar-refractivity contribution in [3.63, 3.8) is 0 Å². The third kappa shape index (κ3) is 3.02. The van der Waals surface area contributed by atoms with Gasteiger partial charge in [0.1, 0.15) is 18.2 Å². The Morgan fingerprint density at radius 1 is 1.11 bits per heavy atom. The molecule has 1 nitrogen and oxygen atoms in total. The summed E-state index contributed by atoms with van der Waals surface area (Å²) in [6.07, 6.45) is 0. The van der Waals surface area contributed by atoms with E-state index in [-0.39, 0.29) is 5.02 Å². The van der Waals surface area contributed by atoms with Crippen molar-refractivity contribution in [2.75, 3.05) is 0 Å². The van der Waals surface area contributed by atoms with Crippen LogP contribution in [-0.2, 0) is 6.61 Å². The molecule has 18 heavy (non-hydrogen) atoms. The Hall–Kier alpha value is -1.54. The van der Waals surface area contributed by atoms with Gasteiger partial charge in [0.25, 0.3) is 0 Å². The summed E-state index contributed by atoms with van der Waals surface area (Å²) in [5.74, 6) is 0.398. The van der Waals surface area contributed by atoms with Crippen molar-refractivity contribution < 1.29 is 9.13 Å². The summed E-state index contributed by atoms with van der Waals surface area (Å²) in [5, 5.41) is 0.130. The fourth-order valence-electron chi connectivity index (χ4n) is 1.75. The molecule has 0 spiro atoms. The summed E-state index contributed by atoms with van der Waals surface area (Å²) in [7, 11) is 0. The normalized spacial score (nSPS) is 10.4. The molecule has 0 saturated heterocycles. The van der Waals surface area contributed by atoms with Gasteiger partial charge < -0.3 is 4.74 Å². The third-order valence-corrected chi connectivity index (χ3v) is 3.02.